The molecule has 0 aromatic heterocycles. The molecular weight excluding hydrogens is 218 g/mol. The molecule has 0 spiro atoms. The fourth-order valence-electron chi connectivity index (χ4n) is 1.96. The molecule has 2 saturated heterocycles. The minimum absolute atomic E-state index is 0.200. The van der Waals surface area contributed by atoms with Gasteiger partial charge in [0.25, 0.3) is 0 Å². The van der Waals surface area contributed by atoms with E-state index >= 15 is 0 Å². The molecule has 80 valence electrons. The lowest BCUT2D eigenvalue weighted by Gasteiger charge is -2.34. The predicted molar refractivity (Wildman–Crippen MR) is 61.2 cm³/mol. The zero-order valence-electron chi connectivity index (χ0n) is 8.02. The SMILES string of the molecule is O=C(O)C1CN(C2CCSC2)CCS1. The highest BCUT2D eigenvalue weighted by Crippen LogP contribution is 2.27. The Morgan fingerprint density at radius 2 is 2.29 bits per heavy atom. The van der Waals surface area contributed by atoms with E-state index in [2.05, 4.69) is 4.90 Å². The third-order valence-electron chi connectivity index (χ3n) is 2.80. The van der Waals surface area contributed by atoms with Crippen molar-refractivity contribution in [3.63, 3.8) is 0 Å². The van der Waals surface area contributed by atoms with Gasteiger partial charge in [-0.15, -0.1) is 11.8 Å². The Morgan fingerprint density at radius 1 is 1.43 bits per heavy atom. The summed E-state index contributed by atoms with van der Waals surface area (Å²) in [6.07, 6.45) is 1.24. The molecule has 5 heteroatoms. The van der Waals surface area contributed by atoms with Crippen LogP contribution in [0.1, 0.15) is 6.42 Å². The zero-order valence-corrected chi connectivity index (χ0v) is 9.65. The van der Waals surface area contributed by atoms with E-state index in [1.54, 1.807) is 11.8 Å². The van der Waals surface area contributed by atoms with Crippen molar-refractivity contribution in [2.75, 3.05) is 30.3 Å². The van der Waals surface area contributed by atoms with E-state index in [0.717, 1.165) is 18.8 Å². The van der Waals surface area contributed by atoms with Gasteiger partial charge in [0, 0.05) is 30.6 Å². The van der Waals surface area contributed by atoms with Gasteiger partial charge in [-0.25, -0.2) is 0 Å². The molecule has 2 atom stereocenters. The molecule has 0 aromatic rings. The number of hydrogen-bond acceptors (Lipinski definition) is 4. The maximum absolute atomic E-state index is 10.9. The third-order valence-corrected chi connectivity index (χ3v) is 5.11. The highest BCUT2D eigenvalue weighted by Gasteiger charge is 2.31. The van der Waals surface area contributed by atoms with E-state index in [1.165, 1.54) is 17.9 Å². The largest absolute Gasteiger partial charge is 0.480 e. The molecule has 0 aliphatic carbocycles. The van der Waals surface area contributed by atoms with Crippen molar-refractivity contribution < 1.29 is 9.90 Å². The molecule has 0 radical (unpaired) electrons. The van der Waals surface area contributed by atoms with Gasteiger partial charge in [-0.2, -0.15) is 11.8 Å². The Balaban J connectivity index is 1.89. The van der Waals surface area contributed by atoms with Crippen LogP contribution in [0.25, 0.3) is 0 Å². The Hall–Kier alpha value is 0.130. The monoisotopic (exact) mass is 233 g/mol. The Bertz CT molecular complexity index is 219. The van der Waals surface area contributed by atoms with Crippen LogP contribution in [0.5, 0.6) is 0 Å². The average molecular weight is 233 g/mol. The van der Waals surface area contributed by atoms with Gasteiger partial charge in [0.2, 0.25) is 0 Å². The van der Waals surface area contributed by atoms with Crippen LogP contribution in [0.3, 0.4) is 0 Å². The van der Waals surface area contributed by atoms with Crippen LogP contribution in [0.15, 0.2) is 0 Å². The summed E-state index contributed by atoms with van der Waals surface area (Å²) in [5.74, 6) is 2.76. The highest BCUT2D eigenvalue weighted by molar-refractivity contribution is 8.00. The number of aliphatic carboxylic acids is 1. The number of hydrogen-bond donors (Lipinski definition) is 1. The van der Waals surface area contributed by atoms with Gasteiger partial charge in [-0.05, 0) is 12.2 Å². The van der Waals surface area contributed by atoms with Gasteiger partial charge in [-0.1, -0.05) is 0 Å². The van der Waals surface area contributed by atoms with E-state index in [-0.39, 0.29) is 5.25 Å². The number of thioether (sulfide) groups is 2. The van der Waals surface area contributed by atoms with Crippen LogP contribution in [0.2, 0.25) is 0 Å². The Morgan fingerprint density at radius 3 is 2.93 bits per heavy atom. The smallest absolute Gasteiger partial charge is 0.317 e. The molecular formula is C9H15NO2S2. The van der Waals surface area contributed by atoms with Gasteiger partial charge in [-0.3, -0.25) is 9.69 Å². The second-order valence-electron chi connectivity index (χ2n) is 3.71. The Labute approximate surface area is 92.6 Å². The standard InChI is InChI=1S/C9H15NO2S2/c11-9(12)8-5-10(2-4-14-8)7-1-3-13-6-7/h7-8H,1-6H2,(H,11,12). The van der Waals surface area contributed by atoms with Crippen molar-refractivity contribution in [2.24, 2.45) is 0 Å². The summed E-state index contributed by atoms with van der Waals surface area (Å²) in [6.45, 7) is 1.81. The van der Waals surface area contributed by atoms with Crippen LogP contribution in [-0.2, 0) is 4.79 Å². The minimum atomic E-state index is -0.648. The lowest BCUT2D eigenvalue weighted by atomic mass is 10.2. The second kappa shape index (κ2) is 4.77. The lowest BCUT2D eigenvalue weighted by Crippen LogP contribution is -2.46. The van der Waals surface area contributed by atoms with Crippen LogP contribution in [0, 0.1) is 0 Å². The lowest BCUT2D eigenvalue weighted by molar-refractivity contribution is -0.136. The van der Waals surface area contributed by atoms with Crippen LogP contribution in [0.4, 0.5) is 0 Å². The molecule has 2 aliphatic rings. The van der Waals surface area contributed by atoms with Crippen molar-refractivity contribution in [1.29, 1.82) is 0 Å². The minimum Gasteiger partial charge on any atom is -0.480 e. The number of carboxylic acid groups (broad SMARTS) is 1. The average Bonchev–Trinajstić information content (AvgIpc) is 2.71. The summed E-state index contributed by atoms with van der Waals surface area (Å²) in [6, 6.07) is 0.641. The first-order valence-corrected chi connectivity index (χ1v) is 7.14. The summed E-state index contributed by atoms with van der Waals surface area (Å²) in [7, 11) is 0. The van der Waals surface area contributed by atoms with E-state index in [0.29, 0.717) is 6.04 Å². The molecule has 2 rings (SSSR count). The van der Waals surface area contributed by atoms with Gasteiger partial charge >= 0.3 is 5.97 Å². The van der Waals surface area contributed by atoms with Crippen molar-refractivity contribution >= 4 is 29.5 Å². The van der Waals surface area contributed by atoms with Gasteiger partial charge in [0.05, 0.1) is 0 Å². The summed E-state index contributed by atoms with van der Waals surface area (Å²) in [5.41, 5.74) is 0. The Kier molecular flexibility index (Phi) is 3.62. The normalized spacial score (nSPS) is 34.6. The van der Waals surface area contributed by atoms with Crippen molar-refractivity contribution in [1.82, 2.24) is 4.90 Å². The molecule has 3 nitrogen and oxygen atoms in total. The zero-order chi connectivity index (χ0) is 9.97. The first kappa shape index (κ1) is 10.6. The topological polar surface area (TPSA) is 40.5 Å². The number of nitrogens with zero attached hydrogens (tertiary/aromatic N) is 1. The molecule has 2 unspecified atom stereocenters. The maximum Gasteiger partial charge on any atom is 0.317 e. The molecule has 14 heavy (non-hydrogen) atoms. The quantitative estimate of drug-likeness (QED) is 0.770. The van der Waals surface area contributed by atoms with Crippen molar-refractivity contribution in [3.8, 4) is 0 Å². The van der Waals surface area contributed by atoms with Crippen LogP contribution in [-0.4, -0.2) is 57.6 Å². The molecule has 2 aliphatic heterocycles. The molecule has 0 bridgehead atoms. The number of carboxylic acids is 1. The van der Waals surface area contributed by atoms with Crippen LogP contribution < -0.4 is 0 Å². The van der Waals surface area contributed by atoms with Crippen molar-refractivity contribution in [3.05, 3.63) is 0 Å². The maximum atomic E-state index is 10.9. The molecule has 2 heterocycles. The molecule has 0 aromatic carbocycles. The molecule has 0 saturated carbocycles. The van der Waals surface area contributed by atoms with E-state index in [9.17, 15) is 4.79 Å². The van der Waals surface area contributed by atoms with Gasteiger partial charge in [0.15, 0.2) is 0 Å². The highest BCUT2D eigenvalue weighted by atomic mass is 32.2. The number of rotatable bonds is 2. The summed E-state index contributed by atoms with van der Waals surface area (Å²) in [4.78, 5) is 13.2. The fourth-order valence-corrected chi connectivity index (χ4v) is 4.28. The third kappa shape index (κ3) is 2.38. The predicted octanol–water partition coefficient (Wildman–Crippen LogP) is 0.994. The summed E-state index contributed by atoms with van der Waals surface area (Å²) in [5, 5.41) is 8.75. The second-order valence-corrected chi connectivity index (χ2v) is 6.17. The van der Waals surface area contributed by atoms with Crippen molar-refractivity contribution in [2.45, 2.75) is 17.7 Å². The van der Waals surface area contributed by atoms with Crippen LogP contribution >= 0.6 is 23.5 Å². The van der Waals surface area contributed by atoms with Gasteiger partial charge < -0.3 is 5.11 Å². The van der Waals surface area contributed by atoms with E-state index < -0.39 is 5.97 Å². The van der Waals surface area contributed by atoms with Gasteiger partial charge in [0.1, 0.15) is 5.25 Å². The molecule has 2 fully saturated rings. The summed E-state index contributed by atoms with van der Waals surface area (Å²) >= 11 is 3.58. The summed E-state index contributed by atoms with van der Waals surface area (Å²) < 4.78 is 0. The molecule has 1 N–H and O–H groups in total. The fraction of sp³-hybridized carbons (Fsp3) is 0.889. The van der Waals surface area contributed by atoms with E-state index in [4.69, 9.17) is 5.11 Å². The number of carbonyl (C=O) groups is 1. The molecule has 0 amide bonds. The first-order valence-electron chi connectivity index (χ1n) is 4.93. The van der Waals surface area contributed by atoms with E-state index in [1.807, 2.05) is 11.8 Å². The first-order chi connectivity index (χ1) is 6.77.